The molecule has 1 aromatic rings. The fourth-order valence-corrected chi connectivity index (χ4v) is 3.30. The third-order valence-corrected chi connectivity index (χ3v) is 4.63. The Balaban J connectivity index is 2.12. The molecule has 1 aromatic heterocycles. The van der Waals surface area contributed by atoms with Gasteiger partial charge < -0.3 is 10.2 Å². The van der Waals surface area contributed by atoms with E-state index in [1.54, 1.807) is 0 Å². The van der Waals surface area contributed by atoms with Crippen LogP contribution in [0.4, 0.5) is 5.82 Å². The molecule has 1 aliphatic rings. The number of nitrogens with zero attached hydrogens (tertiary/aromatic N) is 3. The van der Waals surface area contributed by atoms with Gasteiger partial charge in [0.25, 0.3) is 0 Å². The van der Waals surface area contributed by atoms with Gasteiger partial charge >= 0.3 is 0 Å². The largest absolute Gasteiger partial charge is 0.356 e. The Morgan fingerprint density at radius 2 is 2.00 bits per heavy atom. The molecule has 2 rings (SSSR count). The minimum Gasteiger partial charge on any atom is -0.356 e. The minimum absolute atomic E-state index is 0.683. The number of hydrogen-bond donors (Lipinski definition) is 1. The highest BCUT2D eigenvalue weighted by Crippen LogP contribution is 2.31. The molecular weight excluding hydrogens is 260 g/mol. The molecule has 2 heterocycles. The van der Waals surface area contributed by atoms with Crippen molar-refractivity contribution in [1.82, 2.24) is 15.1 Å². The summed E-state index contributed by atoms with van der Waals surface area (Å²) in [6.45, 7) is 15.6. The van der Waals surface area contributed by atoms with Gasteiger partial charge in [-0.2, -0.15) is 5.10 Å². The predicted molar refractivity (Wildman–Crippen MR) is 89.6 cm³/mol. The van der Waals surface area contributed by atoms with E-state index in [2.05, 4.69) is 61.7 Å². The maximum atomic E-state index is 4.66. The van der Waals surface area contributed by atoms with Gasteiger partial charge in [0.1, 0.15) is 5.82 Å². The third-order valence-electron chi connectivity index (χ3n) is 4.63. The van der Waals surface area contributed by atoms with E-state index in [1.165, 1.54) is 30.9 Å². The van der Waals surface area contributed by atoms with Gasteiger partial charge in [-0.25, -0.2) is 0 Å². The van der Waals surface area contributed by atoms with Crippen molar-refractivity contribution in [1.29, 1.82) is 0 Å². The summed E-state index contributed by atoms with van der Waals surface area (Å²) in [5.74, 6) is 3.60. The summed E-state index contributed by atoms with van der Waals surface area (Å²) in [5, 5.41) is 8.23. The van der Waals surface area contributed by atoms with E-state index in [4.69, 9.17) is 0 Å². The van der Waals surface area contributed by atoms with Crippen LogP contribution in [0.25, 0.3) is 0 Å². The van der Waals surface area contributed by atoms with Gasteiger partial charge in [0, 0.05) is 32.2 Å². The smallest absolute Gasteiger partial charge is 0.131 e. The fraction of sp³-hybridized carbons (Fsp3) is 0.824. The first-order chi connectivity index (χ1) is 9.90. The van der Waals surface area contributed by atoms with Crippen LogP contribution in [0.3, 0.4) is 0 Å². The van der Waals surface area contributed by atoms with Crippen molar-refractivity contribution in [2.45, 2.75) is 47.6 Å². The van der Waals surface area contributed by atoms with Crippen molar-refractivity contribution in [3.63, 3.8) is 0 Å². The molecule has 0 aromatic carbocycles. The van der Waals surface area contributed by atoms with E-state index in [9.17, 15) is 0 Å². The molecule has 0 radical (unpaired) electrons. The number of anilines is 1. The average Bonchev–Trinajstić information content (AvgIpc) is 2.95. The lowest BCUT2D eigenvalue weighted by atomic mass is 9.95. The number of rotatable bonds is 6. The van der Waals surface area contributed by atoms with Crippen LogP contribution in [0.2, 0.25) is 0 Å². The van der Waals surface area contributed by atoms with Crippen molar-refractivity contribution in [3.05, 3.63) is 11.3 Å². The Morgan fingerprint density at radius 1 is 1.29 bits per heavy atom. The molecule has 1 fully saturated rings. The molecule has 0 amide bonds. The monoisotopic (exact) mass is 292 g/mol. The van der Waals surface area contributed by atoms with Gasteiger partial charge in [-0.15, -0.1) is 0 Å². The summed E-state index contributed by atoms with van der Waals surface area (Å²) in [5.41, 5.74) is 2.54. The zero-order valence-corrected chi connectivity index (χ0v) is 14.6. The molecule has 4 heteroatoms. The number of aromatic nitrogens is 2. The van der Waals surface area contributed by atoms with Crippen LogP contribution in [0.5, 0.6) is 0 Å². The van der Waals surface area contributed by atoms with Crippen LogP contribution in [0.1, 0.15) is 45.4 Å². The second-order valence-electron chi connectivity index (χ2n) is 7.27. The molecule has 0 saturated carbocycles. The number of hydrogen-bond acceptors (Lipinski definition) is 3. The molecule has 4 nitrogen and oxygen atoms in total. The Hall–Kier alpha value is -1.03. The Labute approximate surface area is 129 Å². The molecule has 1 N–H and O–H groups in total. The summed E-state index contributed by atoms with van der Waals surface area (Å²) in [6.07, 6.45) is 1.31. The highest BCUT2D eigenvalue weighted by molar-refractivity contribution is 5.51. The molecule has 1 saturated heterocycles. The highest BCUT2D eigenvalue weighted by Gasteiger charge is 2.29. The van der Waals surface area contributed by atoms with Crippen LogP contribution in [-0.2, 0) is 13.6 Å². The summed E-state index contributed by atoms with van der Waals surface area (Å²) >= 11 is 0. The SMILES string of the molecule is Cc1nn(C)c(N2CCC(C(C)C)C2)c1CNCC(C)C. The van der Waals surface area contributed by atoms with E-state index < -0.39 is 0 Å². The maximum Gasteiger partial charge on any atom is 0.131 e. The summed E-state index contributed by atoms with van der Waals surface area (Å²) in [4.78, 5) is 2.54. The molecule has 1 aliphatic heterocycles. The zero-order chi connectivity index (χ0) is 15.6. The van der Waals surface area contributed by atoms with Crippen molar-refractivity contribution >= 4 is 5.82 Å². The van der Waals surface area contributed by atoms with E-state index in [0.29, 0.717) is 5.92 Å². The first kappa shape index (κ1) is 16.3. The molecule has 21 heavy (non-hydrogen) atoms. The highest BCUT2D eigenvalue weighted by atomic mass is 15.4. The summed E-state index contributed by atoms with van der Waals surface area (Å²) in [6, 6.07) is 0. The van der Waals surface area contributed by atoms with Gasteiger partial charge in [0.15, 0.2) is 0 Å². The summed E-state index contributed by atoms with van der Waals surface area (Å²) < 4.78 is 2.07. The summed E-state index contributed by atoms with van der Waals surface area (Å²) in [7, 11) is 2.08. The molecular formula is C17H32N4. The van der Waals surface area contributed by atoms with E-state index >= 15 is 0 Å². The topological polar surface area (TPSA) is 33.1 Å². The Bertz CT molecular complexity index is 462. The second-order valence-corrected chi connectivity index (χ2v) is 7.27. The standard InChI is InChI=1S/C17H32N4/c1-12(2)9-18-10-16-14(5)19-20(6)17(16)21-8-7-15(11-21)13(3)4/h12-13,15,18H,7-11H2,1-6H3. The molecule has 1 unspecified atom stereocenters. The Morgan fingerprint density at radius 3 is 2.57 bits per heavy atom. The van der Waals surface area contributed by atoms with Gasteiger partial charge in [-0.1, -0.05) is 27.7 Å². The van der Waals surface area contributed by atoms with E-state index in [1.807, 2.05) is 0 Å². The molecule has 0 spiro atoms. The van der Waals surface area contributed by atoms with Crippen molar-refractivity contribution < 1.29 is 0 Å². The predicted octanol–water partition coefficient (Wildman–Crippen LogP) is 2.96. The lowest BCUT2D eigenvalue weighted by Gasteiger charge is -2.22. The molecule has 0 bridgehead atoms. The van der Waals surface area contributed by atoms with Crippen LogP contribution < -0.4 is 10.2 Å². The lowest BCUT2D eigenvalue weighted by molar-refractivity contribution is 0.422. The maximum absolute atomic E-state index is 4.66. The van der Waals surface area contributed by atoms with E-state index in [-0.39, 0.29) is 0 Å². The van der Waals surface area contributed by atoms with Crippen molar-refractivity contribution in [2.24, 2.45) is 24.8 Å². The molecule has 120 valence electrons. The number of aryl methyl sites for hydroxylation is 2. The zero-order valence-electron chi connectivity index (χ0n) is 14.6. The fourth-order valence-electron chi connectivity index (χ4n) is 3.30. The van der Waals surface area contributed by atoms with E-state index in [0.717, 1.165) is 30.6 Å². The minimum atomic E-state index is 0.683. The van der Waals surface area contributed by atoms with Gasteiger partial charge in [-0.05, 0) is 37.6 Å². The van der Waals surface area contributed by atoms with Crippen molar-refractivity contribution in [3.8, 4) is 0 Å². The van der Waals surface area contributed by atoms with Crippen LogP contribution in [0, 0.1) is 24.7 Å². The third kappa shape index (κ3) is 3.79. The molecule has 1 atom stereocenters. The average molecular weight is 292 g/mol. The first-order valence-electron chi connectivity index (χ1n) is 8.38. The van der Waals surface area contributed by atoms with Gasteiger partial charge in [-0.3, -0.25) is 4.68 Å². The Kier molecular flexibility index (Phi) is 5.31. The van der Waals surface area contributed by atoms with Crippen LogP contribution >= 0.6 is 0 Å². The van der Waals surface area contributed by atoms with Gasteiger partial charge in [0.2, 0.25) is 0 Å². The lowest BCUT2D eigenvalue weighted by Crippen LogP contribution is -2.26. The molecule has 0 aliphatic carbocycles. The first-order valence-corrected chi connectivity index (χ1v) is 8.38. The van der Waals surface area contributed by atoms with Crippen LogP contribution in [-0.4, -0.2) is 29.4 Å². The van der Waals surface area contributed by atoms with Crippen LogP contribution in [0.15, 0.2) is 0 Å². The van der Waals surface area contributed by atoms with Crippen molar-refractivity contribution in [2.75, 3.05) is 24.5 Å². The van der Waals surface area contributed by atoms with Gasteiger partial charge in [0.05, 0.1) is 5.69 Å². The second kappa shape index (κ2) is 6.82. The quantitative estimate of drug-likeness (QED) is 0.875. The number of nitrogens with one attached hydrogen (secondary N) is 1. The normalized spacial score (nSPS) is 19.2.